The lowest BCUT2D eigenvalue weighted by Gasteiger charge is -2.34. The Morgan fingerprint density at radius 2 is 1.51 bits per heavy atom. The van der Waals surface area contributed by atoms with E-state index in [0.29, 0.717) is 11.3 Å². The number of anilines is 1. The fraction of sp³-hybridized carbons (Fsp3) is 0.188. The van der Waals surface area contributed by atoms with Gasteiger partial charge >= 0.3 is 0 Å². The Kier molecular flexibility index (Phi) is 10.7. The van der Waals surface area contributed by atoms with Crippen molar-refractivity contribution < 1.29 is 22.7 Å². The van der Waals surface area contributed by atoms with E-state index in [-0.39, 0.29) is 33.6 Å². The number of ether oxygens (including phenoxy) is 1. The minimum absolute atomic E-state index is 0.00343. The summed E-state index contributed by atoms with van der Waals surface area (Å²) in [4.78, 5) is 29.0. The van der Waals surface area contributed by atoms with Crippen LogP contribution < -0.4 is 14.4 Å². The van der Waals surface area contributed by atoms with Gasteiger partial charge in [0.25, 0.3) is 10.0 Å². The molecule has 0 heterocycles. The normalized spacial score (nSPS) is 11.8. The van der Waals surface area contributed by atoms with Crippen LogP contribution in [0.1, 0.15) is 11.1 Å². The number of benzene rings is 4. The smallest absolute Gasteiger partial charge is 0.264 e. The highest BCUT2D eigenvalue weighted by Crippen LogP contribution is 2.33. The molecule has 43 heavy (non-hydrogen) atoms. The average molecular weight is 641 g/mol. The van der Waals surface area contributed by atoms with E-state index in [2.05, 4.69) is 5.32 Å². The molecule has 11 heteroatoms. The summed E-state index contributed by atoms with van der Waals surface area (Å²) < 4.78 is 34.3. The minimum Gasteiger partial charge on any atom is -0.497 e. The van der Waals surface area contributed by atoms with Crippen molar-refractivity contribution in [2.24, 2.45) is 0 Å². The lowest BCUT2D eigenvalue weighted by atomic mass is 10.0. The van der Waals surface area contributed by atoms with E-state index in [1.165, 1.54) is 49.4 Å². The second-order valence-electron chi connectivity index (χ2n) is 9.61. The third-order valence-electron chi connectivity index (χ3n) is 6.79. The molecule has 4 rings (SSSR count). The molecule has 8 nitrogen and oxygen atoms in total. The maximum atomic E-state index is 14.3. The van der Waals surface area contributed by atoms with Crippen molar-refractivity contribution in [2.45, 2.75) is 23.9 Å². The van der Waals surface area contributed by atoms with Crippen LogP contribution in [0.5, 0.6) is 5.75 Å². The molecule has 0 aromatic heterocycles. The maximum absolute atomic E-state index is 14.3. The van der Waals surface area contributed by atoms with Gasteiger partial charge in [-0.1, -0.05) is 83.9 Å². The van der Waals surface area contributed by atoms with Gasteiger partial charge in [0.2, 0.25) is 11.8 Å². The number of sulfonamides is 1. The van der Waals surface area contributed by atoms with E-state index in [0.717, 1.165) is 9.87 Å². The van der Waals surface area contributed by atoms with Gasteiger partial charge in [-0.05, 0) is 53.6 Å². The van der Waals surface area contributed by atoms with Crippen LogP contribution in [0, 0.1) is 0 Å². The van der Waals surface area contributed by atoms with E-state index in [1.54, 1.807) is 42.5 Å². The lowest BCUT2D eigenvalue weighted by molar-refractivity contribution is -0.139. The topological polar surface area (TPSA) is 96.0 Å². The Balaban J connectivity index is 1.82. The summed E-state index contributed by atoms with van der Waals surface area (Å²) in [5.74, 6) is -0.454. The van der Waals surface area contributed by atoms with Gasteiger partial charge in [0, 0.05) is 25.0 Å². The second kappa shape index (κ2) is 14.4. The molecule has 224 valence electrons. The zero-order valence-corrected chi connectivity index (χ0v) is 25.9. The van der Waals surface area contributed by atoms with Gasteiger partial charge in [0.1, 0.15) is 18.3 Å². The Morgan fingerprint density at radius 1 is 0.860 bits per heavy atom. The third kappa shape index (κ3) is 7.87. The molecule has 0 unspecified atom stereocenters. The van der Waals surface area contributed by atoms with Crippen molar-refractivity contribution in [2.75, 3.05) is 25.0 Å². The Labute approximate surface area is 261 Å². The highest BCUT2D eigenvalue weighted by Gasteiger charge is 2.35. The van der Waals surface area contributed by atoms with Gasteiger partial charge in [-0.3, -0.25) is 13.9 Å². The highest BCUT2D eigenvalue weighted by molar-refractivity contribution is 7.92. The van der Waals surface area contributed by atoms with Gasteiger partial charge in [-0.25, -0.2) is 8.42 Å². The Bertz CT molecular complexity index is 1670. The maximum Gasteiger partial charge on any atom is 0.264 e. The van der Waals surface area contributed by atoms with Gasteiger partial charge in [-0.2, -0.15) is 0 Å². The predicted molar refractivity (Wildman–Crippen MR) is 169 cm³/mol. The molecule has 0 aliphatic heterocycles. The van der Waals surface area contributed by atoms with Crippen LogP contribution in [-0.2, 0) is 32.6 Å². The first kappa shape index (κ1) is 31.9. The van der Waals surface area contributed by atoms with Crippen LogP contribution in [0.15, 0.2) is 108 Å². The zero-order valence-electron chi connectivity index (χ0n) is 23.6. The van der Waals surface area contributed by atoms with Gasteiger partial charge in [-0.15, -0.1) is 0 Å². The molecule has 0 saturated carbocycles. The Morgan fingerprint density at radius 3 is 2.16 bits per heavy atom. The number of methoxy groups -OCH3 is 1. The number of hydrogen-bond acceptors (Lipinski definition) is 5. The van der Waals surface area contributed by atoms with Crippen molar-refractivity contribution in [1.82, 2.24) is 10.2 Å². The standard InChI is InChI=1S/C32H31Cl2N3O5S/c1-35-32(39)30(19-23-10-5-3-6-11-23)36(21-24-12-9-13-26(18-24)42-2)31(38)22-37(29-20-25(33)16-17-28(29)34)43(40,41)27-14-7-4-8-15-27/h3-18,20,30H,19,21-22H2,1-2H3,(H,35,39)/t30-/m0/s1. The summed E-state index contributed by atoms with van der Waals surface area (Å²) in [5, 5.41) is 2.98. The molecule has 0 saturated heterocycles. The first-order valence-corrected chi connectivity index (χ1v) is 15.5. The van der Waals surface area contributed by atoms with Crippen LogP contribution in [-0.4, -0.2) is 51.9 Å². The molecule has 4 aromatic carbocycles. The summed E-state index contributed by atoms with van der Waals surface area (Å²) in [6.07, 6.45) is 0.194. The number of carbonyl (C=O) groups excluding carboxylic acids is 2. The Hall–Kier alpha value is -4.05. The van der Waals surface area contributed by atoms with E-state index < -0.39 is 34.4 Å². The monoisotopic (exact) mass is 639 g/mol. The molecule has 2 amide bonds. The molecule has 4 aromatic rings. The third-order valence-corrected chi connectivity index (χ3v) is 9.12. The fourth-order valence-corrected chi connectivity index (χ4v) is 6.48. The average Bonchev–Trinajstić information content (AvgIpc) is 3.03. The first-order valence-electron chi connectivity index (χ1n) is 13.3. The molecule has 1 atom stereocenters. The number of rotatable bonds is 12. The summed E-state index contributed by atoms with van der Waals surface area (Å²) in [6, 6.07) is 27.5. The summed E-state index contributed by atoms with van der Waals surface area (Å²) in [5.41, 5.74) is 1.55. The molecular weight excluding hydrogens is 609 g/mol. The summed E-state index contributed by atoms with van der Waals surface area (Å²) in [6.45, 7) is -0.646. The first-order chi connectivity index (χ1) is 20.6. The number of carbonyl (C=O) groups is 2. The number of likely N-dealkylation sites (N-methyl/N-ethyl adjacent to an activating group) is 1. The van der Waals surface area contributed by atoms with Crippen molar-refractivity contribution in [3.8, 4) is 5.75 Å². The van der Waals surface area contributed by atoms with Crippen LogP contribution in [0.25, 0.3) is 0 Å². The molecule has 0 fully saturated rings. The highest BCUT2D eigenvalue weighted by atomic mass is 35.5. The predicted octanol–water partition coefficient (Wildman–Crippen LogP) is 5.58. The summed E-state index contributed by atoms with van der Waals surface area (Å²) >= 11 is 12.7. The number of hydrogen-bond donors (Lipinski definition) is 1. The van der Waals surface area contributed by atoms with Crippen molar-refractivity contribution in [1.29, 1.82) is 0 Å². The van der Waals surface area contributed by atoms with Crippen molar-refractivity contribution in [3.05, 3.63) is 124 Å². The zero-order chi connectivity index (χ0) is 31.0. The SMILES string of the molecule is CNC(=O)[C@H](Cc1ccccc1)N(Cc1cccc(OC)c1)C(=O)CN(c1cc(Cl)ccc1Cl)S(=O)(=O)c1ccccc1. The van der Waals surface area contributed by atoms with E-state index in [9.17, 15) is 18.0 Å². The van der Waals surface area contributed by atoms with Gasteiger partial charge in [0.05, 0.1) is 22.7 Å². The van der Waals surface area contributed by atoms with Crippen molar-refractivity contribution in [3.63, 3.8) is 0 Å². The lowest BCUT2D eigenvalue weighted by Crippen LogP contribution is -2.53. The number of halogens is 2. The van der Waals surface area contributed by atoms with E-state index in [4.69, 9.17) is 27.9 Å². The number of nitrogens with zero attached hydrogens (tertiary/aromatic N) is 2. The second-order valence-corrected chi connectivity index (χ2v) is 12.3. The molecule has 0 radical (unpaired) electrons. The van der Waals surface area contributed by atoms with E-state index in [1.807, 2.05) is 30.3 Å². The number of nitrogens with one attached hydrogen (secondary N) is 1. The van der Waals surface area contributed by atoms with Crippen LogP contribution >= 0.6 is 23.2 Å². The fourth-order valence-electron chi connectivity index (χ4n) is 4.60. The number of amides is 2. The molecular formula is C32H31Cl2N3O5S. The molecule has 0 bridgehead atoms. The largest absolute Gasteiger partial charge is 0.497 e. The minimum atomic E-state index is -4.29. The molecule has 1 N–H and O–H groups in total. The molecule has 0 aliphatic rings. The molecule has 0 spiro atoms. The summed E-state index contributed by atoms with van der Waals surface area (Å²) in [7, 11) is -1.27. The van der Waals surface area contributed by atoms with Gasteiger partial charge in [0.15, 0.2) is 0 Å². The van der Waals surface area contributed by atoms with Crippen molar-refractivity contribution >= 4 is 50.7 Å². The van der Waals surface area contributed by atoms with Crippen LogP contribution in [0.4, 0.5) is 5.69 Å². The van der Waals surface area contributed by atoms with E-state index >= 15 is 0 Å². The molecule has 0 aliphatic carbocycles. The van der Waals surface area contributed by atoms with Crippen LogP contribution in [0.3, 0.4) is 0 Å². The quantitative estimate of drug-likeness (QED) is 0.218. The van der Waals surface area contributed by atoms with Crippen LogP contribution in [0.2, 0.25) is 10.0 Å². The van der Waals surface area contributed by atoms with Gasteiger partial charge < -0.3 is 15.0 Å².